The zero-order chi connectivity index (χ0) is 14.1. The van der Waals surface area contributed by atoms with Crippen LogP contribution >= 0.6 is 0 Å². The van der Waals surface area contributed by atoms with E-state index in [0.717, 1.165) is 36.9 Å². The number of amides is 1. The van der Waals surface area contributed by atoms with E-state index in [9.17, 15) is 4.79 Å². The third-order valence-corrected chi connectivity index (χ3v) is 4.12. The van der Waals surface area contributed by atoms with E-state index >= 15 is 0 Å². The molecule has 2 heterocycles. The predicted octanol–water partition coefficient (Wildman–Crippen LogP) is 2.55. The van der Waals surface area contributed by atoms with Gasteiger partial charge in [0.2, 0.25) is 0 Å². The third-order valence-electron chi connectivity index (χ3n) is 4.12. The molecule has 1 aliphatic heterocycles. The molecule has 0 spiro atoms. The molecule has 1 aliphatic rings. The molecule has 1 aromatic heterocycles. The second-order valence-corrected chi connectivity index (χ2v) is 5.62. The number of fused-ring (bicyclic) bond motifs is 1. The van der Waals surface area contributed by atoms with Gasteiger partial charge in [0.15, 0.2) is 5.76 Å². The van der Waals surface area contributed by atoms with Crippen LogP contribution in [-0.2, 0) is 0 Å². The average Bonchev–Trinajstić information content (AvgIpc) is 2.89. The van der Waals surface area contributed by atoms with Crippen LogP contribution in [0.5, 0.6) is 0 Å². The molecule has 0 radical (unpaired) electrons. The van der Waals surface area contributed by atoms with Gasteiger partial charge >= 0.3 is 0 Å². The molecule has 1 aromatic carbocycles. The lowest BCUT2D eigenvalue weighted by molar-refractivity contribution is 0.0663. The second kappa shape index (κ2) is 5.29. The van der Waals surface area contributed by atoms with Crippen LogP contribution in [0.3, 0.4) is 0 Å². The highest BCUT2D eigenvalue weighted by atomic mass is 16.3. The van der Waals surface area contributed by atoms with E-state index in [1.165, 1.54) is 5.56 Å². The summed E-state index contributed by atoms with van der Waals surface area (Å²) in [7, 11) is 0. The first kappa shape index (κ1) is 13.2. The summed E-state index contributed by atoms with van der Waals surface area (Å²) in [5.41, 5.74) is 7.62. The van der Waals surface area contributed by atoms with Crippen LogP contribution in [0.2, 0.25) is 0 Å². The van der Waals surface area contributed by atoms with Gasteiger partial charge in [0.1, 0.15) is 5.58 Å². The standard InChI is InChI=1S/C16H20N2O2/c1-11-2-3-14-13(8-11)9-15(20-14)16(19)18-6-4-12(10-17)5-7-18/h2-3,8-9,12H,4-7,10,17H2,1H3. The number of hydrogen-bond acceptors (Lipinski definition) is 3. The summed E-state index contributed by atoms with van der Waals surface area (Å²) >= 11 is 0. The Kier molecular flexibility index (Phi) is 3.49. The van der Waals surface area contributed by atoms with Crippen LogP contribution in [0.15, 0.2) is 28.7 Å². The van der Waals surface area contributed by atoms with Gasteiger partial charge in [-0.3, -0.25) is 4.79 Å². The van der Waals surface area contributed by atoms with Crippen LogP contribution in [-0.4, -0.2) is 30.4 Å². The van der Waals surface area contributed by atoms with Crippen LogP contribution in [0.4, 0.5) is 0 Å². The number of nitrogens with two attached hydrogens (primary N) is 1. The number of nitrogens with zero attached hydrogens (tertiary/aromatic N) is 1. The van der Waals surface area contributed by atoms with Crippen molar-refractivity contribution in [3.63, 3.8) is 0 Å². The van der Waals surface area contributed by atoms with Crippen molar-refractivity contribution in [3.8, 4) is 0 Å². The number of benzene rings is 1. The zero-order valence-electron chi connectivity index (χ0n) is 11.8. The van der Waals surface area contributed by atoms with Gasteiger partial charge in [-0.15, -0.1) is 0 Å². The fourth-order valence-corrected chi connectivity index (χ4v) is 2.80. The molecule has 20 heavy (non-hydrogen) atoms. The van der Waals surface area contributed by atoms with Crippen LogP contribution < -0.4 is 5.73 Å². The minimum Gasteiger partial charge on any atom is -0.451 e. The van der Waals surface area contributed by atoms with E-state index in [4.69, 9.17) is 10.2 Å². The minimum absolute atomic E-state index is 0.00526. The summed E-state index contributed by atoms with van der Waals surface area (Å²) in [5, 5.41) is 0.991. The van der Waals surface area contributed by atoms with Gasteiger partial charge in [-0.05, 0) is 50.4 Å². The Bertz CT molecular complexity index is 624. The van der Waals surface area contributed by atoms with Crippen molar-refractivity contribution in [2.24, 2.45) is 11.7 Å². The lowest BCUT2D eigenvalue weighted by Crippen LogP contribution is -2.39. The summed E-state index contributed by atoms with van der Waals surface area (Å²) in [6.45, 7) is 4.30. The highest BCUT2D eigenvalue weighted by Gasteiger charge is 2.25. The van der Waals surface area contributed by atoms with Gasteiger partial charge in [-0.1, -0.05) is 11.6 Å². The van der Waals surface area contributed by atoms with Gasteiger partial charge in [-0.25, -0.2) is 0 Å². The van der Waals surface area contributed by atoms with Crippen molar-refractivity contribution >= 4 is 16.9 Å². The van der Waals surface area contributed by atoms with Crippen molar-refractivity contribution in [2.75, 3.05) is 19.6 Å². The predicted molar refractivity (Wildman–Crippen MR) is 78.6 cm³/mol. The SMILES string of the molecule is Cc1ccc2oc(C(=O)N3CCC(CN)CC3)cc2c1. The van der Waals surface area contributed by atoms with Crippen molar-refractivity contribution in [1.29, 1.82) is 0 Å². The molecule has 0 saturated carbocycles. The minimum atomic E-state index is -0.00526. The Labute approximate surface area is 118 Å². The number of piperidine rings is 1. The monoisotopic (exact) mass is 272 g/mol. The molecule has 0 atom stereocenters. The molecule has 4 nitrogen and oxygen atoms in total. The molecule has 3 rings (SSSR count). The quantitative estimate of drug-likeness (QED) is 0.914. The molecule has 2 N–H and O–H groups in total. The van der Waals surface area contributed by atoms with E-state index in [-0.39, 0.29) is 5.91 Å². The average molecular weight is 272 g/mol. The molecule has 2 aromatic rings. The summed E-state index contributed by atoms with van der Waals surface area (Å²) in [4.78, 5) is 14.3. The first-order valence-corrected chi connectivity index (χ1v) is 7.17. The summed E-state index contributed by atoms with van der Waals surface area (Å²) < 4.78 is 5.68. The van der Waals surface area contributed by atoms with Crippen molar-refractivity contribution in [1.82, 2.24) is 4.90 Å². The van der Waals surface area contributed by atoms with Crippen molar-refractivity contribution in [3.05, 3.63) is 35.6 Å². The first-order chi connectivity index (χ1) is 9.67. The lowest BCUT2D eigenvalue weighted by Gasteiger charge is -2.30. The Morgan fingerprint density at radius 1 is 1.35 bits per heavy atom. The molecule has 0 bridgehead atoms. The Hall–Kier alpha value is -1.81. The normalized spacial score (nSPS) is 16.8. The molecule has 0 unspecified atom stereocenters. The van der Waals surface area contributed by atoms with Gasteiger partial charge < -0.3 is 15.1 Å². The van der Waals surface area contributed by atoms with Gasteiger partial charge in [0.05, 0.1) is 0 Å². The van der Waals surface area contributed by atoms with E-state index < -0.39 is 0 Å². The largest absolute Gasteiger partial charge is 0.451 e. The van der Waals surface area contributed by atoms with Crippen molar-refractivity contribution < 1.29 is 9.21 Å². The van der Waals surface area contributed by atoms with E-state index in [1.54, 1.807) is 0 Å². The molecular weight excluding hydrogens is 252 g/mol. The number of hydrogen-bond donors (Lipinski definition) is 1. The Morgan fingerprint density at radius 3 is 2.80 bits per heavy atom. The van der Waals surface area contributed by atoms with E-state index in [2.05, 4.69) is 0 Å². The maximum atomic E-state index is 12.5. The van der Waals surface area contributed by atoms with E-state index in [0.29, 0.717) is 18.2 Å². The van der Waals surface area contributed by atoms with Crippen molar-refractivity contribution in [2.45, 2.75) is 19.8 Å². The highest BCUT2D eigenvalue weighted by molar-refractivity contribution is 5.96. The summed E-state index contributed by atoms with van der Waals surface area (Å²) in [5.74, 6) is 0.989. The molecule has 0 aliphatic carbocycles. The van der Waals surface area contributed by atoms with Gasteiger partial charge in [0.25, 0.3) is 5.91 Å². The lowest BCUT2D eigenvalue weighted by atomic mass is 9.97. The smallest absolute Gasteiger partial charge is 0.289 e. The third kappa shape index (κ3) is 2.43. The summed E-state index contributed by atoms with van der Waals surface area (Å²) in [6, 6.07) is 7.80. The van der Waals surface area contributed by atoms with Crippen LogP contribution in [0.1, 0.15) is 29.0 Å². The number of furan rings is 1. The fourth-order valence-electron chi connectivity index (χ4n) is 2.80. The number of carbonyl (C=O) groups excluding carboxylic acids is 1. The molecular formula is C16H20N2O2. The molecule has 1 saturated heterocycles. The maximum absolute atomic E-state index is 12.5. The Morgan fingerprint density at radius 2 is 2.10 bits per heavy atom. The number of rotatable bonds is 2. The van der Waals surface area contributed by atoms with Crippen LogP contribution in [0, 0.1) is 12.8 Å². The van der Waals surface area contributed by atoms with Gasteiger partial charge in [-0.2, -0.15) is 0 Å². The fraction of sp³-hybridized carbons (Fsp3) is 0.438. The Balaban J connectivity index is 1.79. The molecule has 1 amide bonds. The van der Waals surface area contributed by atoms with Gasteiger partial charge in [0, 0.05) is 18.5 Å². The first-order valence-electron chi connectivity index (χ1n) is 7.17. The topological polar surface area (TPSA) is 59.5 Å². The molecule has 1 fully saturated rings. The summed E-state index contributed by atoms with van der Waals surface area (Å²) in [6.07, 6.45) is 1.98. The number of carbonyl (C=O) groups is 1. The second-order valence-electron chi connectivity index (χ2n) is 5.62. The number of likely N-dealkylation sites (tertiary alicyclic amines) is 1. The van der Waals surface area contributed by atoms with E-state index in [1.807, 2.05) is 36.1 Å². The molecule has 4 heteroatoms. The maximum Gasteiger partial charge on any atom is 0.289 e. The highest BCUT2D eigenvalue weighted by Crippen LogP contribution is 2.23. The molecule has 106 valence electrons. The number of aryl methyl sites for hydroxylation is 1. The van der Waals surface area contributed by atoms with Crippen LogP contribution in [0.25, 0.3) is 11.0 Å². The zero-order valence-corrected chi connectivity index (χ0v) is 11.8.